The minimum absolute atomic E-state index is 0.0706. The van der Waals surface area contributed by atoms with Crippen molar-refractivity contribution in [3.63, 3.8) is 0 Å². The number of hydrogen-bond donors (Lipinski definition) is 2. The van der Waals surface area contributed by atoms with Crippen molar-refractivity contribution in [1.82, 2.24) is 0 Å². The van der Waals surface area contributed by atoms with Crippen LogP contribution in [0.1, 0.15) is 19.4 Å². The van der Waals surface area contributed by atoms with E-state index in [1.54, 1.807) is 6.07 Å². The van der Waals surface area contributed by atoms with Gasteiger partial charge in [-0.25, -0.2) is 0 Å². The Hall–Kier alpha value is -1.06. The van der Waals surface area contributed by atoms with Crippen LogP contribution in [0.25, 0.3) is 0 Å². The van der Waals surface area contributed by atoms with E-state index in [-0.39, 0.29) is 17.7 Å². The molecule has 0 spiro atoms. The first-order valence-electron chi connectivity index (χ1n) is 5.73. The molecule has 0 fully saturated rings. The van der Waals surface area contributed by atoms with Crippen LogP contribution in [0, 0.1) is 18.8 Å². The number of carbonyl (C=O) groups is 1. The van der Waals surface area contributed by atoms with E-state index < -0.39 is 0 Å². The molecular formula is C13H19ClN2O. The highest BCUT2D eigenvalue weighted by atomic mass is 35.5. The van der Waals surface area contributed by atoms with Gasteiger partial charge in [-0.05, 0) is 24.5 Å². The van der Waals surface area contributed by atoms with Crippen LogP contribution in [0.4, 0.5) is 5.69 Å². The molecule has 1 aromatic rings. The summed E-state index contributed by atoms with van der Waals surface area (Å²) in [4.78, 5) is 12.0. The molecule has 0 aliphatic heterocycles. The average Bonchev–Trinajstić information content (AvgIpc) is 2.24. The van der Waals surface area contributed by atoms with Crippen molar-refractivity contribution in [2.45, 2.75) is 20.8 Å². The first-order chi connectivity index (χ1) is 7.97. The highest BCUT2D eigenvalue weighted by Crippen LogP contribution is 2.26. The van der Waals surface area contributed by atoms with E-state index in [4.69, 9.17) is 17.3 Å². The molecule has 4 heteroatoms. The number of nitrogens with one attached hydrogen (secondary N) is 1. The Bertz CT molecular complexity index is 384. The Morgan fingerprint density at radius 3 is 2.59 bits per heavy atom. The summed E-state index contributed by atoms with van der Waals surface area (Å²) in [5, 5.41) is 3.41. The summed E-state index contributed by atoms with van der Waals surface area (Å²) in [6.07, 6.45) is 0. The molecule has 0 saturated heterocycles. The second kappa shape index (κ2) is 6.03. The van der Waals surface area contributed by atoms with Crippen LogP contribution in [0.3, 0.4) is 0 Å². The van der Waals surface area contributed by atoms with Crippen LogP contribution in [0.15, 0.2) is 18.2 Å². The van der Waals surface area contributed by atoms with E-state index in [1.165, 1.54) is 0 Å². The Morgan fingerprint density at radius 2 is 2.12 bits per heavy atom. The first kappa shape index (κ1) is 14.0. The van der Waals surface area contributed by atoms with Gasteiger partial charge in [0.1, 0.15) is 0 Å². The zero-order chi connectivity index (χ0) is 13.0. The van der Waals surface area contributed by atoms with E-state index in [0.717, 1.165) is 5.56 Å². The molecule has 1 unspecified atom stereocenters. The first-order valence-corrected chi connectivity index (χ1v) is 6.11. The smallest absolute Gasteiger partial charge is 0.229 e. The molecule has 0 bridgehead atoms. The van der Waals surface area contributed by atoms with Gasteiger partial charge in [0.25, 0.3) is 0 Å². The Morgan fingerprint density at radius 1 is 1.47 bits per heavy atom. The summed E-state index contributed by atoms with van der Waals surface area (Å²) >= 11 is 6.06. The monoisotopic (exact) mass is 254 g/mol. The highest BCUT2D eigenvalue weighted by Gasteiger charge is 2.21. The van der Waals surface area contributed by atoms with E-state index >= 15 is 0 Å². The number of aryl methyl sites for hydroxylation is 1. The second-order valence-corrected chi connectivity index (χ2v) is 4.91. The molecule has 0 heterocycles. The highest BCUT2D eigenvalue weighted by molar-refractivity contribution is 6.33. The minimum Gasteiger partial charge on any atom is -0.330 e. The van der Waals surface area contributed by atoms with Gasteiger partial charge in [0.05, 0.1) is 16.6 Å². The molecule has 1 amide bonds. The van der Waals surface area contributed by atoms with Gasteiger partial charge < -0.3 is 11.1 Å². The fourth-order valence-corrected chi connectivity index (χ4v) is 1.96. The molecule has 3 nitrogen and oxygen atoms in total. The molecule has 0 aliphatic carbocycles. The number of carbonyl (C=O) groups excluding carboxylic acids is 1. The molecular weight excluding hydrogens is 236 g/mol. The SMILES string of the molecule is Cc1cccc(Cl)c1NC(=O)C(CN)C(C)C. The van der Waals surface area contributed by atoms with Crippen molar-refractivity contribution in [3.8, 4) is 0 Å². The number of anilines is 1. The average molecular weight is 255 g/mol. The minimum atomic E-state index is -0.189. The van der Waals surface area contributed by atoms with Gasteiger partial charge in [-0.1, -0.05) is 37.6 Å². The third kappa shape index (κ3) is 3.45. The second-order valence-electron chi connectivity index (χ2n) is 4.51. The van der Waals surface area contributed by atoms with Crippen LogP contribution < -0.4 is 11.1 Å². The maximum Gasteiger partial charge on any atom is 0.229 e. The van der Waals surface area contributed by atoms with Gasteiger partial charge in [0, 0.05) is 6.54 Å². The van der Waals surface area contributed by atoms with E-state index in [1.807, 2.05) is 32.9 Å². The zero-order valence-corrected chi connectivity index (χ0v) is 11.2. The molecule has 0 radical (unpaired) electrons. The number of amides is 1. The van der Waals surface area contributed by atoms with Gasteiger partial charge in [0.2, 0.25) is 5.91 Å². The topological polar surface area (TPSA) is 55.1 Å². The standard InChI is InChI=1S/C13H19ClN2O/c1-8(2)10(7-15)13(17)16-12-9(3)5-4-6-11(12)14/h4-6,8,10H,7,15H2,1-3H3,(H,16,17). The van der Waals surface area contributed by atoms with Crippen LogP contribution in [0.2, 0.25) is 5.02 Å². The number of halogens is 1. The number of nitrogens with two attached hydrogens (primary N) is 1. The molecule has 3 N–H and O–H groups in total. The van der Waals surface area contributed by atoms with Gasteiger partial charge >= 0.3 is 0 Å². The number of para-hydroxylation sites is 1. The van der Waals surface area contributed by atoms with E-state index in [0.29, 0.717) is 17.3 Å². The van der Waals surface area contributed by atoms with Gasteiger partial charge in [-0.3, -0.25) is 4.79 Å². The summed E-state index contributed by atoms with van der Waals surface area (Å²) in [5.41, 5.74) is 7.24. The molecule has 94 valence electrons. The van der Waals surface area contributed by atoms with Crippen molar-refractivity contribution in [1.29, 1.82) is 0 Å². The maximum absolute atomic E-state index is 12.0. The number of hydrogen-bond acceptors (Lipinski definition) is 2. The Labute approximate surface area is 107 Å². The van der Waals surface area contributed by atoms with Crippen molar-refractivity contribution in [3.05, 3.63) is 28.8 Å². The number of benzene rings is 1. The normalized spacial score (nSPS) is 12.6. The molecule has 1 rings (SSSR count). The van der Waals surface area contributed by atoms with Gasteiger partial charge in [-0.2, -0.15) is 0 Å². The summed E-state index contributed by atoms with van der Waals surface area (Å²) in [5.74, 6) is -0.0489. The number of rotatable bonds is 4. The summed E-state index contributed by atoms with van der Waals surface area (Å²) in [6, 6.07) is 5.53. The third-order valence-corrected chi connectivity index (χ3v) is 3.18. The molecule has 0 aromatic heterocycles. The zero-order valence-electron chi connectivity index (χ0n) is 10.5. The van der Waals surface area contributed by atoms with Gasteiger partial charge in [-0.15, -0.1) is 0 Å². The lowest BCUT2D eigenvalue weighted by Gasteiger charge is -2.19. The predicted octanol–water partition coefficient (Wildman–Crippen LogP) is 2.82. The van der Waals surface area contributed by atoms with E-state index in [2.05, 4.69) is 5.32 Å². The molecule has 0 saturated carbocycles. The van der Waals surface area contributed by atoms with Crippen LogP contribution in [-0.2, 0) is 4.79 Å². The lowest BCUT2D eigenvalue weighted by molar-refractivity contribution is -0.120. The van der Waals surface area contributed by atoms with Crippen molar-refractivity contribution in [2.75, 3.05) is 11.9 Å². The van der Waals surface area contributed by atoms with Gasteiger partial charge in [0.15, 0.2) is 0 Å². The fourth-order valence-electron chi connectivity index (χ4n) is 1.69. The molecule has 17 heavy (non-hydrogen) atoms. The van der Waals surface area contributed by atoms with E-state index in [9.17, 15) is 4.79 Å². The molecule has 1 aromatic carbocycles. The summed E-state index contributed by atoms with van der Waals surface area (Å²) < 4.78 is 0. The lowest BCUT2D eigenvalue weighted by atomic mass is 9.95. The van der Waals surface area contributed by atoms with Crippen molar-refractivity contribution < 1.29 is 4.79 Å². The largest absolute Gasteiger partial charge is 0.330 e. The Balaban J connectivity index is 2.87. The lowest BCUT2D eigenvalue weighted by Crippen LogP contribution is -2.33. The summed E-state index contributed by atoms with van der Waals surface area (Å²) in [7, 11) is 0. The Kier molecular flexibility index (Phi) is 4.97. The molecule has 0 aliphatic rings. The van der Waals surface area contributed by atoms with Crippen LogP contribution in [-0.4, -0.2) is 12.5 Å². The van der Waals surface area contributed by atoms with Crippen LogP contribution in [0.5, 0.6) is 0 Å². The quantitative estimate of drug-likeness (QED) is 0.868. The fraction of sp³-hybridized carbons (Fsp3) is 0.462. The van der Waals surface area contributed by atoms with Crippen molar-refractivity contribution >= 4 is 23.2 Å². The molecule has 1 atom stereocenters. The third-order valence-electron chi connectivity index (χ3n) is 2.87. The predicted molar refractivity (Wildman–Crippen MR) is 72.2 cm³/mol. The van der Waals surface area contributed by atoms with Crippen molar-refractivity contribution in [2.24, 2.45) is 17.6 Å². The summed E-state index contributed by atoms with van der Waals surface area (Å²) in [6.45, 7) is 6.22. The maximum atomic E-state index is 12.0. The van der Waals surface area contributed by atoms with Crippen LogP contribution >= 0.6 is 11.6 Å².